The molecule has 0 radical (unpaired) electrons. The molecule has 0 saturated carbocycles. The Hall–Kier alpha value is -9.80. The van der Waals surface area contributed by atoms with Crippen molar-refractivity contribution < 1.29 is 129 Å². The molecule has 14 atom stereocenters. The van der Waals surface area contributed by atoms with E-state index in [4.69, 9.17) is 57.8 Å². The third kappa shape index (κ3) is 48.2. The number of aliphatic hydroxyl groups is 1. The number of benzene rings is 2. The zero-order valence-corrected chi connectivity index (χ0v) is 88.7. The van der Waals surface area contributed by atoms with Crippen LogP contribution < -0.4 is 58.9 Å². The maximum Gasteiger partial charge on any atom is 0.410 e. The van der Waals surface area contributed by atoms with Crippen LogP contribution in [0.2, 0.25) is 0 Å². The van der Waals surface area contributed by atoms with E-state index >= 15 is 0 Å². The normalized spacial score (nSPS) is 16.2. The minimum Gasteiger partial charge on any atom is -0.445 e. The number of likely N-dealkylation sites (tertiary alicyclic amines) is 2. The Morgan fingerprint density at radius 1 is 0.528 bits per heavy atom. The lowest BCUT2D eigenvalue weighted by molar-refractivity contribution is -0.148. The van der Waals surface area contributed by atoms with E-state index in [-0.39, 0.29) is 152 Å². The topological polar surface area (TPSA) is 537 Å². The summed E-state index contributed by atoms with van der Waals surface area (Å²) in [6.45, 7) is 26.7. The molecule has 816 valence electrons. The maximum atomic E-state index is 15.0. The Bertz CT molecular complexity index is 4150. The second-order valence-electron chi connectivity index (χ2n) is 37.2. The first kappa shape index (κ1) is 126. The van der Waals surface area contributed by atoms with Crippen molar-refractivity contribution >= 4 is 106 Å². The van der Waals surface area contributed by atoms with E-state index in [0.717, 1.165) is 24.2 Å². The van der Waals surface area contributed by atoms with Gasteiger partial charge in [-0.2, -0.15) is 0 Å². The zero-order chi connectivity index (χ0) is 106. The Labute approximate surface area is 854 Å². The fourth-order valence-electron chi connectivity index (χ4n) is 16.5. The van der Waals surface area contributed by atoms with Crippen molar-refractivity contribution in [2.75, 3.05) is 185 Å². The van der Waals surface area contributed by atoms with Gasteiger partial charge in [0.05, 0.1) is 153 Å². The summed E-state index contributed by atoms with van der Waals surface area (Å²) in [5.74, 6) is -8.66. The zero-order valence-electron chi connectivity index (χ0n) is 87.8. The number of hydrogen-bond donors (Lipinski definition) is 12. The van der Waals surface area contributed by atoms with E-state index in [1.54, 1.807) is 98.7 Å². The number of ether oxygens (including phenoxy) is 11. The number of carbonyl (C=O) groups is 15. The first-order chi connectivity index (χ1) is 68.9. The number of aliphatic hydroxyl groups excluding tert-OH is 1. The van der Waals surface area contributed by atoms with Crippen LogP contribution in [-0.4, -0.2) is 359 Å². The smallest absolute Gasteiger partial charge is 0.410 e. The van der Waals surface area contributed by atoms with Gasteiger partial charge in [-0.3, -0.25) is 72.1 Å². The predicted octanol–water partition coefficient (Wildman–Crippen LogP) is 5.36. The van der Waals surface area contributed by atoms with Crippen LogP contribution in [0.4, 0.5) is 15.3 Å². The summed E-state index contributed by atoms with van der Waals surface area (Å²) in [7, 11) is 7.63. The molecular weight excluding hydrogens is 1890 g/mol. The third-order valence-electron chi connectivity index (χ3n) is 25.0. The highest BCUT2D eigenvalue weighted by Gasteiger charge is 2.45. The number of rotatable bonds is 78. The van der Waals surface area contributed by atoms with Crippen molar-refractivity contribution in [2.24, 2.45) is 35.3 Å². The quantitative estimate of drug-likeness (QED) is 0.0293. The molecule has 43 heteroatoms. The second-order valence-corrected chi connectivity index (χ2v) is 38.5. The number of primary amides is 1. The van der Waals surface area contributed by atoms with Gasteiger partial charge in [-0.05, 0) is 112 Å². The van der Waals surface area contributed by atoms with Crippen LogP contribution in [0.3, 0.4) is 0 Å². The van der Waals surface area contributed by atoms with Gasteiger partial charge in [0.15, 0.2) is 0 Å². The molecule has 4 rings (SSSR count). The summed E-state index contributed by atoms with van der Waals surface area (Å²) in [6.07, 6.45) is 1.83. The van der Waals surface area contributed by atoms with Gasteiger partial charge in [0.2, 0.25) is 76.8 Å². The number of unbranched alkanes of at least 4 members (excludes halogenated alkanes) is 4. The molecule has 2 saturated heterocycles. The lowest BCUT2D eigenvalue weighted by Crippen LogP contribution is -2.60. The molecule has 1 unspecified atom stereocenters. The molecule has 13 N–H and O–H groups in total. The highest BCUT2D eigenvalue weighted by molar-refractivity contribution is 8.00. The van der Waals surface area contributed by atoms with E-state index in [2.05, 4.69) is 60.1 Å². The molecule has 0 bridgehead atoms. The number of urea groups is 1. The predicted molar refractivity (Wildman–Crippen MR) is 542 cm³/mol. The number of likely N-dealkylation sites (N-methyl/N-ethyl adjacent to an activating group) is 2. The van der Waals surface area contributed by atoms with E-state index in [0.29, 0.717) is 148 Å². The first-order valence-corrected chi connectivity index (χ1v) is 52.0. The lowest BCUT2D eigenvalue weighted by atomic mass is 9.89. The van der Waals surface area contributed by atoms with Crippen LogP contribution >= 0.6 is 11.8 Å². The molecule has 144 heavy (non-hydrogen) atoms. The van der Waals surface area contributed by atoms with Crippen LogP contribution in [0.5, 0.6) is 0 Å². The highest BCUT2D eigenvalue weighted by atomic mass is 32.2. The highest BCUT2D eigenvalue weighted by Crippen LogP contribution is 2.32. The molecule has 0 aromatic heterocycles. The molecule has 0 aliphatic carbocycles. The van der Waals surface area contributed by atoms with Crippen LogP contribution in [0.15, 0.2) is 54.6 Å². The van der Waals surface area contributed by atoms with Gasteiger partial charge in [0.1, 0.15) is 36.8 Å². The Balaban J connectivity index is 1.37. The number of nitrogens with one attached hydrogen (secondary N) is 10. The van der Waals surface area contributed by atoms with Crippen molar-refractivity contribution in [2.45, 2.75) is 270 Å². The summed E-state index contributed by atoms with van der Waals surface area (Å²) in [5.41, 5.74) is 6.71. The summed E-state index contributed by atoms with van der Waals surface area (Å²) in [6, 6.07) is 6.23. The molecule has 2 aliphatic heterocycles. The number of hydrogen-bond acceptors (Lipinski definition) is 28. The van der Waals surface area contributed by atoms with Crippen molar-refractivity contribution in [3.05, 3.63) is 65.7 Å². The number of anilines is 1. The number of nitrogens with zero attached hydrogens (tertiary/aromatic N) is 4. The number of thioether (sulfide) groups is 1. The Kier molecular flexibility index (Phi) is 63.7. The molecule has 2 fully saturated rings. The van der Waals surface area contributed by atoms with Crippen molar-refractivity contribution in [3.8, 4) is 0 Å². The van der Waals surface area contributed by atoms with Crippen molar-refractivity contribution in [3.63, 3.8) is 0 Å². The fourth-order valence-corrected chi connectivity index (χ4v) is 17.6. The van der Waals surface area contributed by atoms with Crippen LogP contribution in [0.1, 0.15) is 209 Å². The molecule has 16 amide bonds. The van der Waals surface area contributed by atoms with Gasteiger partial charge >= 0.3 is 12.1 Å². The van der Waals surface area contributed by atoms with Gasteiger partial charge in [-0.15, -0.1) is 11.8 Å². The van der Waals surface area contributed by atoms with E-state index in [1.807, 2.05) is 32.0 Å². The van der Waals surface area contributed by atoms with Crippen LogP contribution in [-0.2, 0) is 121 Å². The molecule has 42 nitrogen and oxygen atoms in total. The number of methoxy groups -OCH3 is 3. The fraction of sp³-hybridized carbons (Fsp3) is 0.733. The largest absolute Gasteiger partial charge is 0.445 e. The summed E-state index contributed by atoms with van der Waals surface area (Å²) >= 11 is 1.29. The molecule has 2 heterocycles. The number of carbonyl (C=O) groups excluding carboxylic acids is 15. The number of amides is 16. The average molecular weight is 2060 g/mol. The van der Waals surface area contributed by atoms with Crippen LogP contribution in [0, 0.1) is 29.6 Å². The summed E-state index contributed by atoms with van der Waals surface area (Å²) in [4.78, 5) is 211. The average Bonchev–Trinajstić information content (AvgIpc) is 1.50. The Morgan fingerprint density at radius 2 is 1.07 bits per heavy atom. The molecule has 2 aromatic rings. The molecular formula is C101H169N15O27S. The minimum atomic E-state index is -1.44. The SMILES string of the molecule is CCCCCNC(=O)CCSC1CC(=O)N(CCCCCNC(=O)CC[C@H](NC(=O)CCC(=O)NCCOCCOCCOCCOCCOCCOCCOCCOC)C(=O)N[C@H](C(=O)N[C@@H](CCCNC(N)=O)C(=O)Nc2ccc(COC(=O)N(C)[C@H](C(=O)N[C@H](C(=O)N(C)[C@@H]([C@@H](C)CC)[C@@H](CC(=O)N3CCC[C@H]3[C@H](OC)[C@@H](C)C(=O)N[C@H](C)[C@@H](O)c3ccccc3)OC)C(C)C)C(C)C)cc2)C(C)C)C1=O. The lowest BCUT2D eigenvalue weighted by Gasteiger charge is -2.41. The third-order valence-corrected chi connectivity index (χ3v) is 26.2. The maximum absolute atomic E-state index is 15.0. The number of nitrogens with two attached hydrogens (primary N) is 1. The van der Waals surface area contributed by atoms with Gasteiger partial charge in [-0.25, -0.2) is 9.59 Å². The number of imide groups is 1. The van der Waals surface area contributed by atoms with E-state index < -0.39 is 155 Å². The monoisotopic (exact) mass is 2060 g/mol. The standard InChI is InChI=1S/C101H169N15O27S/c1-17-19-24-42-104-83(119)41-63-144-80-65-86(122)116(98(80)129)46-26-21-25-43-103-81(117)38-37-77(109-84(120)40-39-82(118)105-45-48-136-51-52-138-55-56-140-59-60-142-62-61-141-58-57-139-54-53-137-50-49-133-14)95(126)111-87(67(3)4)96(127)110-76(31-27-44-106-100(102)131)94(125)108-75-35-33-73(34-36-75)66-143-101(132)114(13)89(69(7)8)97(128)112-88(68(5)6)99(130)113(12)90(70(9)18-2)79(134-15)64-85(121)115-47-28-32-78(115)92(135-16)71(10)93(124)107-72(11)91(123)74-29-22-20-23-30-74/h20,22-23,29-30,33-36,67-72,76-80,87-92,123H,17-19,21,24-28,31-32,37-66H2,1-16H3,(H,103,117)(H,104,119)(H,105,118)(H,107,124)(H,108,125)(H,109,120)(H,110,127)(H,111,126)(H,112,128)(H3,102,106,131)/t70-,71+,72+,76-,77-,78-,79+,80?,87-,88-,89-,90-,91+,92+/m0/s1. The van der Waals surface area contributed by atoms with Crippen molar-refractivity contribution in [1.82, 2.24) is 67.5 Å². The van der Waals surface area contributed by atoms with Gasteiger partial charge in [-0.1, -0.05) is 131 Å². The van der Waals surface area contributed by atoms with Gasteiger partial charge in [0.25, 0.3) is 0 Å². The van der Waals surface area contributed by atoms with Gasteiger partial charge < -0.3 is 126 Å². The van der Waals surface area contributed by atoms with Gasteiger partial charge in [0, 0.05) is 118 Å². The minimum absolute atomic E-state index is 0.00494. The van der Waals surface area contributed by atoms with Crippen LogP contribution in [0.25, 0.3) is 0 Å². The van der Waals surface area contributed by atoms with Crippen molar-refractivity contribution in [1.29, 1.82) is 0 Å². The van der Waals surface area contributed by atoms with E-state index in [1.165, 1.54) is 55.0 Å². The molecule has 2 aromatic carbocycles. The summed E-state index contributed by atoms with van der Waals surface area (Å²) in [5, 5.41) is 38.0. The molecule has 2 aliphatic rings. The Morgan fingerprint density at radius 3 is 1.62 bits per heavy atom. The van der Waals surface area contributed by atoms with E-state index in [9.17, 15) is 77.0 Å². The first-order valence-electron chi connectivity index (χ1n) is 50.9. The molecule has 0 spiro atoms. The second kappa shape index (κ2) is 72.5. The summed E-state index contributed by atoms with van der Waals surface area (Å²) < 4.78 is 61.3.